The number of nitrogens with one attached hydrogen (secondary N) is 1. The first-order valence-corrected chi connectivity index (χ1v) is 12.6. The summed E-state index contributed by atoms with van der Waals surface area (Å²) in [6, 6.07) is 3.90. The molecule has 1 N–H and O–H groups in total. The Morgan fingerprint density at radius 1 is 1.00 bits per heavy atom. The Labute approximate surface area is 192 Å². The Kier molecular flexibility index (Phi) is 6.60. The highest BCUT2D eigenvalue weighted by molar-refractivity contribution is 7.89. The van der Waals surface area contributed by atoms with E-state index in [1.165, 1.54) is 4.31 Å². The number of nitrogens with zero attached hydrogens (tertiary/aromatic N) is 3. The van der Waals surface area contributed by atoms with Crippen LogP contribution in [0.1, 0.15) is 61.6 Å². The fraction of sp³-hybridized carbons (Fsp3) is 0.583. The highest BCUT2D eigenvalue weighted by atomic mass is 32.2. The molecule has 0 atom stereocenters. The molecular formula is C24H36N4O3S. The topological polar surface area (TPSA) is 84.3 Å². The van der Waals surface area contributed by atoms with Gasteiger partial charge >= 0.3 is 0 Å². The average Bonchev–Trinajstić information content (AvgIpc) is 3.07. The molecule has 0 aliphatic carbocycles. The van der Waals surface area contributed by atoms with Gasteiger partial charge in [0.15, 0.2) is 0 Å². The van der Waals surface area contributed by atoms with Crippen LogP contribution in [0.25, 0.3) is 0 Å². The van der Waals surface area contributed by atoms with Crippen LogP contribution in [-0.2, 0) is 20.4 Å². The summed E-state index contributed by atoms with van der Waals surface area (Å²) in [5, 5.41) is 7.52. The van der Waals surface area contributed by atoms with Crippen molar-refractivity contribution in [3.8, 4) is 0 Å². The predicted octanol–water partition coefficient (Wildman–Crippen LogP) is 4.22. The minimum absolute atomic E-state index is 0.0776. The van der Waals surface area contributed by atoms with Crippen LogP contribution in [0.4, 0.5) is 5.82 Å². The zero-order chi connectivity index (χ0) is 24.0. The minimum Gasteiger partial charge on any atom is -0.311 e. The number of sulfonamides is 1. The van der Waals surface area contributed by atoms with Gasteiger partial charge in [0.2, 0.25) is 15.9 Å². The van der Waals surface area contributed by atoms with Crippen LogP contribution in [0.5, 0.6) is 0 Å². The molecule has 1 fully saturated rings. The van der Waals surface area contributed by atoms with Crippen molar-refractivity contribution in [3.63, 3.8) is 0 Å². The van der Waals surface area contributed by atoms with Crippen molar-refractivity contribution in [3.05, 3.63) is 40.1 Å². The van der Waals surface area contributed by atoms with Crippen LogP contribution in [0.15, 0.2) is 17.0 Å². The molecule has 1 amide bonds. The molecule has 32 heavy (non-hydrogen) atoms. The van der Waals surface area contributed by atoms with Crippen molar-refractivity contribution in [1.29, 1.82) is 0 Å². The van der Waals surface area contributed by atoms with E-state index in [1.54, 1.807) is 0 Å². The number of hydrogen-bond donors (Lipinski definition) is 1. The minimum atomic E-state index is -3.61. The summed E-state index contributed by atoms with van der Waals surface area (Å²) in [5.74, 6) is 0.370. The quantitative estimate of drug-likeness (QED) is 0.740. The van der Waals surface area contributed by atoms with Crippen LogP contribution in [0, 0.1) is 40.5 Å². The molecule has 2 heterocycles. The van der Waals surface area contributed by atoms with E-state index < -0.39 is 10.0 Å². The molecule has 1 aliphatic rings. The van der Waals surface area contributed by atoms with Gasteiger partial charge in [-0.3, -0.25) is 4.79 Å². The Bertz CT molecular complexity index is 1110. The van der Waals surface area contributed by atoms with Crippen LogP contribution in [-0.4, -0.2) is 41.5 Å². The van der Waals surface area contributed by atoms with Crippen molar-refractivity contribution in [2.75, 3.05) is 18.4 Å². The summed E-state index contributed by atoms with van der Waals surface area (Å²) in [5.41, 5.74) is 4.15. The van der Waals surface area contributed by atoms with E-state index in [2.05, 4.69) is 10.4 Å². The maximum atomic E-state index is 13.5. The smallest absolute Gasteiger partial charge is 0.243 e. The number of carbonyl (C=O) groups is 1. The predicted molar refractivity (Wildman–Crippen MR) is 127 cm³/mol. The number of aromatic nitrogens is 2. The summed E-state index contributed by atoms with van der Waals surface area (Å²) in [6.45, 7) is 16.3. The number of hydrogen-bond acceptors (Lipinski definition) is 4. The second kappa shape index (κ2) is 8.63. The maximum Gasteiger partial charge on any atom is 0.243 e. The average molecular weight is 461 g/mol. The van der Waals surface area contributed by atoms with E-state index >= 15 is 0 Å². The molecule has 8 heteroatoms. The van der Waals surface area contributed by atoms with Crippen molar-refractivity contribution < 1.29 is 13.2 Å². The molecular weight excluding hydrogens is 424 g/mol. The standard InChI is InChI=1S/C24H36N4O3S/c1-15-13-16(2)19(5)22(18(15)4)32(30,31)27-11-9-20(10-12-27)23(29)25-21-14-17(3)26-28(21)24(6,7)8/h13-14,20H,9-12H2,1-8H3,(H,25,29). The molecule has 0 bridgehead atoms. The normalized spacial score (nSPS) is 16.4. The fourth-order valence-corrected chi connectivity index (χ4v) is 6.43. The SMILES string of the molecule is Cc1cc(NC(=O)C2CCN(S(=O)(=O)c3c(C)c(C)cc(C)c3C)CC2)n(C(C)(C)C)n1. The van der Waals surface area contributed by atoms with E-state index in [-0.39, 0.29) is 17.4 Å². The molecule has 3 rings (SSSR count). The van der Waals surface area contributed by atoms with Crippen molar-refractivity contribution in [2.24, 2.45) is 5.92 Å². The van der Waals surface area contributed by atoms with E-state index in [1.807, 2.05) is 72.2 Å². The first kappa shape index (κ1) is 24.5. The van der Waals surface area contributed by atoms with Crippen molar-refractivity contribution in [1.82, 2.24) is 14.1 Å². The van der Waals surface area contributed by atoms with Crippen LogP contribution in [0.2, 0.25) is 0 Å². The van der Waals surface area contributed by atoms with Gasteiger partial charge in [-0.1, -0.05) is 6.07 Å². The van der Waals surface area contributed by atoms with Gasteiger partial charge in [0, 0.05) is 25.1 Å². The van der Waals surface area contributed by atoms with Gasteiger partial charge < -0.3 is 5.32 Å². The molecule has 0 saturated carbocycles. The molecule has 2 aromatic rings. The Hall–Kier alpha value is -2.19. The second-order valence-electron chi connectivity index (χ2n) is 10.0. The first-order chi connectivity index (χ1) is 14.7. The number of anilines is 1. The number of piperidine rings is 1. The van der Waals surface area contributed by atoms with Gasteiger partial charge in [0.1, 0.15) is 5.82 Å². The molecule has 1 aliphatic heterocycles. The molecule has 1 aromatic heterocycles. The summed E-state index contributed by atoms with van der Waals surface area (Å²) in [6.07, 6.45) is 0.993. The van der Waals surface area contributed by atoms with Crippen LogP contribution in [0.3, 0.4) is 0 Å². The largest absolute Gasteiger partial charge is 0.311 e. The lowest BCUT2D eigenvalue weighted by molar-refractivity contribution is -0.121. The highest BCUT2D eigenvalue weighted by Gasteiger charge is 2.34. The third-order valence-electron chi connectivity index (χ3n) is 6.44. The van der Waals surface area contributed by atoms with E-state index in [4.69, 9.17) is 0 Å². The number of rotatable bonds is 4. The van der Waals surface area contributed by atoms with Gasteiger partial charge in [0.25, 0.3) is 0 Å². The Morgan fingerprint density at radius 2 is 1.53 bits per heavy atom. The lowest BCUT2D eigenvalue weighted by Crippen LogP contribution is -2.42. The van der Waals surface area contributed by atoms with Crippen molar-refractivity contribution in [2.45, 2.75) is 78.7 Å². The summed E-state index contributed by atoms with van der Waals surface area (Å²) >= 11 is 0. The zero-order valence-corrected chi connectivity index (χ0v) is 21.4. The van der Waals surface area contributed by atoms with E-state index in [9.17, 15) is 13.2 Å². The molecule has 1 saturated heterocycles. The van der Waals surface area contributed by atoms with Gasteiger partial charge in [-0.2, -0.15) is 9.40 Å². The monoisotopic (exact) mass is 460 g/mol. The fourth-order valence-electron chi connectivity index (χ4n) is 4.38. The zero-order valence-electron chi connectivity index (χ0n) is 20.5. The molecule has 176 valence electrons. The summed E-state index contributed by atoms with van der Waals surface area (Å²) in [7, 11) is -3.61. The third kappa shape index (κ3) is 4.62. The van der Waals surface area contributed by atoms with E-state index in [0.717, 1.165) is 27.9 Å². The molecule has 0 unspecified atom stereocenters. The number of carbonyl (C=O) groups excluding carboxylic acids is 1. The molecule has 0 radical (unpaired) electrons. The number of benzene rings is 1. The highest BCUT2D eigenvalue weighted by Crippen LogP contribution is 2.31. The van der Waals surface area contributed by atoms with Crippen molar-refractivity contribution >= 4 is 21.7 Å². The first-order valence-electron chi connectivity index (χ1n) is 11.2. The van der Waals surface area contributed by atoms with Gasteiger partial charge in [0.05, 0.1) is 16.1 Å². The van der Waals surface area contributed by atoms with Crippen LogP contribution >= 0.6 is 0 Å². The summed E-state index contributed by atoms with van der Waals surface area (Å²) < 4.78 is 30.3. The number of amides is 1. The molecule has 0 spiro atoms. The van der Waals surface area contributed by atoms with E-state index in [0.29, 0.717) is 36.6 Å². The Balaban J connectivity index is 1.74. The maximum absolute atomic E-state index is 13.5. The van der Waals surface area contributed by atoms with Gasteiger partial charge in [-0.05, 0) is 90.5 Å². The van der Waals surface area contributed by atoms with Gasteiger partial charge in [-0.25, -0.2) is 13.1 Å². The third-order valence-corrected chi connectivity index (χ3v) is 8.61. The Morgan fingerprint density at radius 3 is 2.03 bits per heavy atom. The second-order valence-corrected chi connectivity index (χ2v) is 11.9. The number of aryl methyl sites for hydroxylation is 3. The lowest BCUT2D eigenvalue weighted by atomic mass is 9.97. The molecule has 7 nitrogen and oxygen atoms in total. The molecule has 1 aromatic carbocycles. The lowest BCUT2D eigenvalue weighted by Gasteiger charge is -2.32. The van der Waals surface area contributed by atoms with Crippen LogP contribution < -0.4 is 5.32 Å². The summed E-state index contributed by atoms with van der Waals surface area (Å²) in [4.78, 5) is 13.4. The van der Waals surface area contributed by atoms with Gasteiger partial charge in [-0.15, -0.1) is 0 Å².